The first kappa shape index (κ1) is 11.9. The maximum atomic E-state index is 12.8. The van der Waals surface area contributed by atoms with Gasteiger partial charge in [0.25, 0.3) is 0 Å². The summed E-state index contributed by atoms with van der Waals surface area (Å²) in [6.45, 7) is 1.96. The molecular formula is C14H12ClFO. The summed E-state index contributed by atoms with van der Waals surface area (Å²) in [4.78, 5) is 0. The first-order chi connectivity index (χ1) is 8.19. The molecule has 0 saturated heterocycles. The third-order valence-electron chi connectivity index (χ3n) is 2.45. The number of benzene rings is 2. The summed E-state index contributed by atoms with van der Waals surface area (Å²) in [7, 11) is 0. The summed E-state index contributed by atoms with van der Waals surface area (Å²) in [5.74, 6) is 1.53. The highest BCUT2D eigenvalue weighted by Gasteiger charge is 2.03. The Bertz CT molecular complexity index is 508. The molecule has 0 unspecified atom stereocenters. The number of ether oxygens (including phenoxy) is 1. The minimum atomic E-state index is -0.274. The maximum Gasteiger partial charge on any atom is 0.130 e. The molecule has 0 atom stereocenters. The van der Waals surface area contributed by atoms with Gasteiger partial charge in [0.15, 0.2) is 0 Å². The van der Waals surface area contributed by atoms with E-state index >= 15 is 0 Å². The van der Waals surface area contributed by atoms with Crippen molar-refractivity contribution in [2.75, 3.05) is 0 Å². The van der Waals surface area contributed by atoms with E-state index in [2.05, 4.69) is 0 Å². The van der Waals surface area contributed by atoms with Crippen molar-refractivity contribution >= 4 is 11.6 Å². The summed E-state index contributed by atoms with van der Waals surface area (Å²) in [5, 5.41) is 0. The van der Waals surface area contributed by atoms with Crippen LogP contribution in [-0.2, 0) is 5.88 Å². The van der Waals surface area contributed by atoms with Gasteiger partial charge < -0.3 is 4.74 Å². The Labute approximate surface area is 105 Å². The van der Waals surface area contributed by atoms with Gasteiger partial charge in [0.1, 0.15) is 17.3 Å². The van der Waals surface area contributed by atoms with Crippen molar-refractivity contribution in [3.05, 3.63) is 59.4 Å². The topological polar surface area (TPSA) is 9.23 Å². The van der Waals surface area contributed by atoms with E-state index in [1.807, 2.05) is 25.1 Å². The molecule has 0 radical (unpaired) electrons. The molecule has 2 rings (SSSR count). The molecule has 1 nitrogen and oxygen atoms in total. The van der Waals surface area contributed by atoms with Crippen molar-refractivity contribution in [2.45, 2.75) is 12.8 Å². The Balaban J connectivity index is 2.25. The van der Waals surface area contributed by atoms with Crippen molar-refractivity contribution in [1.82, 2.24) is 0 Å². The summed E-state index contributed by atoms with van der Waals surface area (Å²) < 4.78 is 18.4. The zero-order chi connectivity index (χ0) is 12.3. The summed E-state index contributed by atoms with van der Waals surface area (Å²) in [6.07, 6.45) is 0. The zero-order valence-corrected chi connectivity index (χ0v) is 10.2. The Hall–Kier alpha value is -1.54. The summed E-state index contributed by atoms with van der Waals surface area (Å²) in [5.41, 5.74) is 2.01. The number of aryl methyl sites for hydroxylation is 1. The Kier molecular flexibility index (Phi) is 3.64. The third kappa shape index (κ3) is 2.98. The SMILES string of the molecule is Cc1ccc(CCl)cc1Oc1ccc(F)cc1. The van der Waals surface area contributed by atoms with Crippen LogP contribution in [0.3, 0.4) is 0 Å². The van der Waals surface area contributed by atoms with Crippen molar-refractivity contribution < 1.29 is 9.13 Å². The van der Waals surface area contributed by atoms with Crippen LogP contribution < -0.4 is 4.74 Å². The lowest BCUT2D eigenvalue weighted by atomic mass is 10.1. The predicted molar refractivity (Wildman–Crippen MR) is 67.2 cm³/mol. The van der Waals surface area contributed by atoms with E-state index in [0.29, 0.717) is 11.6 Å². The zero-order valence-electron chi connectivity index (χ0n) is 9.41. The highest BCUT2D eigenvalue weighted by atomic mass is 35.5. The number of hydrogen-bond acceptors (Lipinski definition) is 1. The first-order valence-electron chi connectivity index (χ1n) is 5.28. The molecule has 0 aliphatic carbocycles. The second-order valence-electron chi connectivity index (χ2n) is 3.79. The van der Waals surface area contributed by atoms with E-state index in [1.54, 1.807) is 12.1 Å². The molecule has 2 aromatic carbocycles. The molecule has 0 amide bonds. The van der Waals surface area contributed by atoms with E-state index in [4.69, 9.17) is 16.3 Å². The van der Waals surface area contributed by atoms with Gasteiger partial charge in [0.2, 0.25) is 0 Å². The molecule has 0 saturated carbocycles. The van der Waals surface area contributed by atoms with Gasteiger partial charge in [0, 0.05) is 5.88 Å². The Morgan fingerprint density at radius 3 is 2.47 bits per heavy atom. The van der Waals surface area contributed by atoms with E-state index in [1.165, 1.54) is 12.1 Å². The third-order valence-corrected chi connectivity index (χ3v) is 2.76. The highest BCUT2D eigenvalue weighted by Crippen LogP contribution is 2.26. The van der Waals surface area contributed by atoms with Crippen molar-refractivity contribution in [2.24, 2.45) is 0 Å². The Morgan fingerprint density at radius 1 is 1.12 bits per heavy atom. The van der Waals surface area contributed by atoms with Crippen LogP contribution in [0.5, 0.6) is 11.5 Å². The fourth-order valence-corrected chi connectivity index (χ4v) is 1.63. The van der Waals surface area contributed by atoms with Crippen LogP contribution in [0.1, 0.15) is 11.1 Å². The van der Waals surface area contributed by atoms with Crippen LogP contribution in [0.15, 0.2) is 42.5 Å². The number of halogens is 2. The quantitative estimate of drug-likeness (QED) is 0.720. The standard InChI is InChI=1S/C14H12ClFO/c1-10-2-3-11(9-15)8-14(10)17-13-6-4-12(16)5-7-13/h2-8H,9H2,1H3. The van der Waals surface area contributed by atoms with Gasteiger partial charge in [-0.15, -0.1) is 11.6 Å². The van der Waals surface area contributed by atoms with Gasteiger partial charge in [-0.3, -0.25) is 0 Å². The molecule has 0 fully saturated rings. The van der Waals surface area contributed by atoms with Crippen LogP contribution in [0, 0.1) is 12.7 Å². The number of rotatable bonds is 3. The Morgan fingerprint density at radius 2 is 1.82 bits per heavy atom. The molecule has 2 aromatic rings. The van der Waals surface area contributed by atoms with Crippen LogP contribution in [0.25, 0.3) is 0 Å². The fraction of sp³-hybridized carbons (Fsp3) is 0.143. The lowest BCUT2D eigenvalue weighted by Gasteiger charge is -2.09. The van der Waals surface area contributed by atoms with Crippen LogP contribution in [0.4, 0.5) is 4.39 Å². The maximum absolute atomic E-state index is 12.8. The summed E-state index contributed by atoms with van der Waals surface area (Å²) >= 11 is 5.77. The van der Waals surface area contributed by atoms with E-state index in [0.717, 1.165) is 16.9 Å². The molecule has 0 aromatic heterocycles. The fourth-order valence-electron chi connectivity index (χ4n) is 1.47. The van der Waals surface area contributed by atoms with Gasteiger partial charge in [-0.2, -0.15) is 0 Å². The molecule has 0 N–H and O–H groups in total. The lowest BCUT2D eigenvalue weighted by molar-refractivity contribution is 0.476. The minimum absolute atomic E-state index is 0.274. The van der Waals surface area contributed by atoms with E-state index in [-0.39, 0.29) is 5.82 Å². The number of alkyl halides is 1. The molecular weight excluding hydrogens is 239 g/mol. The first-order valence-corrected chi connectivity index (χ1v) is 5.81. The van der Waals surface area contributed by atoms with Gasteiger partial charge in [-0.25, -0.2) is 4.39 Å². The van der Waals surface area contributed by atoms with Crippen molar-refractivity contribution in [3.8, 4) is 11.5 Å². The molecule has 0 aliphatic rings. The largest absolute Gasteiger partial charge is 0.457 e. The lowest BCUT2D eigenvalue weighted by Crippen LogP contribution is -1.89. The average Bonchev–Trinajstić information content (AvgIpc) is 2.35. The smallest absolute Gasteiger partial charge is 0.130 e. The normalized spacial score (nSPS) is 10.3. The molecule has 0 bridgehead atoms. The van der Waals surface area contributed by atoms with Crippen LogP contribution in [-0.4, -0.2) is 0 Å². The number of hydrogen-bond donors (Lipinski definition) is 0. The van der Waals surface area contributed by atoms with Gasteiger partial charge in [0.05, 0.1) is 0 Å². The van der Waals surface area contributed by atoms with Crippen LogP contribution >= 0.6 is 11.6 Å². The summed E-state index contributed by atoms with van der Waals surface area (Å²) in [6, 6.07) is 11.7. The van der Waals surface area contributed by atoms with Crippen molar-refractivity contribution in [1.29, 1.82) is 0 Å². The second-order valence-corrected chi connectivity index (χ2v) is 4.06. The second kappa shape index (κ2) is 5.19. The van der Waals surface area contributed by atoms with Gasteiger partial charge >= 0.3 is 0 Å². The molecule has 0 heterocycles. The van der Waals surface area contributed by atoms with Gasteiger partial charge in [-0.1, -0.05) is 12.1 Å². The molecule has 17 heavy (non-hydrogen) atoms. The van der Waals surface area contributed by atoms with Crippen LogP contribution in [0.2, 0.25) is 0 Å². The molecule has 88 valence electrons. The van der Waals surface area contributed by atoms with E-state index in [9.17, 15) is 4.39 Å². The average molecular weight is 251 g/mol. The van der Waals surface area contributed by atoms with Crippen molar-refractivity contribution in [3.63, 3.8) is 0 Å². The monoisotopic (exact) mass is 250 g/mol. The van der Waals surface area contributed by atoms with E-state index < -0.39 is 0 Å². The molecule has 0 spiro atoms. The highest BCUT2D eigenvalue weighted by molar-refractivity contribution is 6.17. The molecule has 3 heteroatoms. The minimum Gasteiger partial charge on any atom is -0.457 e. The predicted octanol–water partition coefficient (Wildman–Crippen LogP) is 4.67. The van der Waals surface area contributed by atoms with Gasteiger partial charge in [-0.05, 0) is 48.4 Å². The molecule has 0 aliphatic heterocycles.